The summed E-state index contributed by atoms with van der Waals surface area (Å²) in [5, 5.41) is 3.32. The van der Waals surface area contributed by atoms with Gasteiger partial charge in [0.2, 0.25) is 5.91 Å². The first-order valence-electron chi connectivity index (χ1n) is 6.53. The summed E-state index contributed by atoms with van der Waals surface area (Å²) >= 11 is 5.84. The number of carbonyl (C=O) groups excluding carboxylic acids is 2. The third kappa shape index (κ3) is 3.29. The minimum Gasteiger partial charge on any atom is -0.336 e. The zero-order chi connectivity index (χ0) is 14.7. The van der Waals surface area contributed by atoms with E-state index < -0.39 is 0 Å². The first kappa shape index (κ1) is 14.8. The monoisotopic (exact) mass is 295 g/mol. The van der Waals surface area contributed by atoms with Gasteiger partial charge in [0, 0.05) is 24.7 Å². The van der Waals surface area contributed by atoms with Crippen molar-refractivity contribution in [2.45, 2.75) is 19.5 Å². The molecule has 0 saturated carbocycles. The van der Waals surface area contributed by atoms with Crippen LogP contribution in [0.25, 0.3) is 0 Å². The molecular formula is C14H18ClN3O2. The number of likely N-dealkylation sites (N-methyl/N-ethyl adjacent to an activating group) is 1. The van der Waals surface area contributed by atoms with E-state index >= 15 is 0 Å². The Bertz CT molecular complexity index is 504. The summed E-state index contributed by atoms with van der Waals surface area (Å²) in [5.74, 6) is -0.170. The molecule has 0 aromatic heterocycles. The molecule has 5 nitrogen and oxygen atoms in total. The van der Waals surface area contributed by atoms with Crippen molar-refractivity contribution in [1.29, 1.82) is 0 Å². The van der Waals surface area contributed by atoms with Crippen LogP contribution in [-0.2, 0) is 11.3 Å². The number of hydrogen-bond donors (Lipinski definition) is 1. The Balaban J connectivity index is 1.97. The predicted octanol–water partition coefficient (Wildman–Crippen LogP) is 1.71. The maximum Gasteiger partial charge on any atom is 0.324 e. The summed E-state index contributed by atoms with van der Waals surface area (Å²) in [7, 11) is 1.87. The van der Waals surface area contributed by atoms with Gasteiger partial charge in [-0.3, -0.25) is 14.6 Å². The fourth-order valence-corrected chi connectivity index (χ4v) is 2.24. The van der Waals surface area contributed by atoms with Crippen molar-refractivity contribution in [1.82, 2.24) is 15.1 Å². The van der Waals surface area contributed by atoms with E-state index in [0.717, 1.165) is 5.56 Å². The van der Waals surface area contributed by atoms with Gasteiger partial charge in [-0.2, -0.15) is 0 Å². The highest BCUT2D eigenvalue weighted by atomic mass is 35.5. The molecule has 3 amide bonds. The number of hydrogen-bond acceptors (Lipinski definition) is 3. The molecule has 0 spiro atoms. The number of nitrogens with one attached hydrogen (secondary N) is 1. The van der Waals surface area contributed by atoms with Gasteiger partial charge < -0.3 is 5.32 Å². The van der Waals surface area contributed by atoms with E-state index in [9.17, 15) is 9.59 Å². The van der Waals surface area contributed by atoms with Crippen molar-refractivity contribution in [3.63, 3.8) is 0 Å². The molecule has 1 aliphatic heterocycles. The van der Waals surface area contributed by atoms with Crippen molar-refractivity contribution in [3.05, 3.63) is 34.9 Å². The molecule has 1 saturated heterocycles. The molecule has 1 aromatic rings. The third-order valence-electron chi connectivity index (χ3n) is 3.49. The number of carbonyl (C=O) groups is 2. The number of rotatable bonds is 4. The van der Waals surface area contributed by atoms with Crippen molar-refractivity contribution in [2.24, 2.45) is 0 Å². The SMILES string of the molecule is C[C@H](C(=O)N1CCNC1=O)N(C)Cc1ccc(Cl)cc1. The van der Waals surface area contributed by atoms with Gasteiger partial charge in [-0.05, 0) is 31.7 Å². The highest BCUT2D eigenvalue weighted by molar-refractivity contribution is 6.30. The van der Waals surface area contributed by atoms with Crippen LogP contribution in [0.3, 0.4) is 0 Å². The average Bonchev–Trinajstić information content (AvgIpc) is 2.86. The molecule has 2 rings (SSSR count). The number of urea groups is 1. The van der Waals surface area contributed by atoms with Crippen LogP contribution >= 0.6 is 11.6 Å². The lowest BCUT2D eigenvalue weighted by Gasteiger charge is -2.26. The van der Waals surface area contributed by atoms with Crippen LogP contribution < -0.4 is 5.32 Å². The second-order valence-electron chi connectivity index (χ2n) is 4.94. The van der Waals surface area contributed by atoms with Gasteiger partial charge in [0.25, 0.3) is 0 Å². The summed E-state index contributed by atoms with van der Waals surface area (Å²) in [4.78, 5) is 26.9. The number of imide groups is 1. The normalized spacial score (nSPS) is 16.4. The molecule has 6 heteroatoms. The van der Waals surface area contributed by atoms with Crippen molar-refractivity contribution in [3.8, 4) is 0 Å². The van der Waals surface area contributed by atoms with E-state index in [0.29, 0.717) is 24.7 Å². The maximum atomic E-state index is 12.2. The molecule has 1 aliphatic rings. The molecule has 1 heterocycles. The summed E-state index contributed by atoms with van der Waals surface area (Å²) in [6.45, 7) is 3.40. The summed E-state index contributed by atoms with van der Waals surface area (Å²) < 4.78 is 0. The van der Waals surface area contributed by atoms with Gasteiger partial charge in [0.1, 0.15) is 0 Å². The number of halogens is 1. The highest BCUT2D eigenvalue weighted by Gasteiger charge is 2.31. The Hall–Kier alpha value is -1.59. The average molecular weight is 296 g/mol. The van der Waals surface area contributed by atoms with Gasteiger partial charge in [0.05, 0.1) is 6.04 Å². The molecule has 0 bridgehead atoms. The van der Waals surface area contributed by atoms with Gasteiger partial charge in [-0.1, -0.05) is 23.7 Å². The Morgan fingerprint density at radius 1 is 1.45 bits per heavy atom. The lowest BCUT2D eigenvalue weighted by Crippen LogP contribution is -2.46. The minimum atomic E-state index is -0.352. The van der Waals surface area contributed by atoms with Crippen LogP contribution in [0.4, 0.5) is 4.79 Å². The Kier molecular flexibility index (Phi) is 4.62. The zero-order valence-electron chi connectivity index (χ0n) is 11.6. The van der Waals surface area contributed by atoms with E-state index in [1.165, 1.54) is 4.90 Å². The minimum absolute atomic E-state index is 0.170. The standard InChI is InChI=1S/C14H18ClN3O2/c1-10(13(19)18-8-7-16-14(18)20)17(2)9-11-3-5-12(15)6-4-11/h3-6,10H,7-9H2,1-2H3,(H,16,20)/t10-/m1/s1. The quantitative estimate of drug-likeness (QED) is 0.920. The molecular weight excluding hydrogens is 278 g/mol. The molecule has 108 valence electrons. The summed E-state index contributed by atoms with van der Waals surface area (Å²) in [6.07, 6.45) is 0. The zero-order valence-corrected chi connectivity index (χ0v) is 12.4. The van der Waals surface area contributed by atoms with E-state index in [4.69, 9.17) is 11.6 Å². The number of nitrogens with zero attached hydrogens (tertiary/aromatic N) is 2. The molecule has 1 fully saturated rings. The van der Waals surface area contributed by atoms with E-state index in [2.05, 4.69) is 5.32 Å². The highest BCUT2D eigenvalue weighted by Crippen LogP contribution is 2.13. The lowest BCUT2D eigenvalue weighted by molar-refractivity contribution is -0.132. The molecule has 0 unspecified atom stereocenters. The Morgan fingerprint density at radius 2 is 2.10 bits per heavy atom. The Labute approximate surface area is 123 Å². The van der Waals surface area contributed by atoms with Crippen LogP contribution in [0.2, 0.25) is 5.02 Å². The van der Waals surface area contributed by atoms with Crippen LogP contribution in [-0.4, -0.2) is 47.9 Å². The second kappa shape index (κ2) is 6.24. The van der Waals surface area contributed by atoms with Crippen LogP contribution in [0, 0.1) is 0 Å². The Morgan fingerprint density at radius 3 is 2.65 bits per heavy atom. The van der Waals surface area contributed by atoms with E-state index in [-0.39, 0.29) is 18.0 Å². The first-order valence-corrected chi connectivity index (χ1v) is 6.90. The first-order chi connectivity index (χ1) is 9.49. The van der Waals surface area contributed by atoms with Crippen molar-refractivity contribution >= 4 is 23.5 Å². The molecule has 1 aromatic carbocycles. The smallest absolute Gasteiger partial charge is 0.324 e. The van der Waals surface area contributed by atoms with Crippen LogP contribution in [0.1, 0.15) is 12.5 Å². The summed E-state index contributed by atoms with van der Waals surface area (Å²) in [6, 6.07) is 6.85. The lowest BCUT2D eigenvalue weighted by atomic mass is 10.2. The topological polar surface area (TPSA) is 52.7 Å². The molecule has 20 heavy (non-hydrogen) atoms. The fourth-order valence-electron chi connectivity index (χ4n) is 2.11. The van der Waals surface area contributed by atoms with E-state index in [1.54, 1.807) is 0 Å². The molecule has 1 atom stereocenters. The van der Waals surface area contributed by atoms with E-state index in [1.807, 2.05) is 43.1 Å². The number of amides is 3. The fraction of sp³-hybridized carbons (Fsp3) is 0.429. The largest absolute Gasteiger partial charge is 0.336 e. The third-order valence-corrected chi connectivity index (χ3v) is 3.74. The van der Waals surface area contributed by atoms with Gasteiger partial charge in [-0.25, -0.2) is 4.79 Å². The van der Waals surface area contributed by atoms with Crippen molar-refractivity contribution in [2.75, 3.05) is 20.1 Å². The van der Waals surface area contributed by atoms with Crippen molar-refractivity contribution < 1.29 is 9.59 Å². The molecule has 0 aliphatic carbocycles. The van der Waals surface area contributed by atoms with Crippen LogP contribution in [0.15, 0.2) is 24.3 Å². The maximum absolute atomic E-state index is 12.2. The van der Waals surface area contributed by atoms with Gasteiger partial charge in [-0.15, -0.1) is 0 Å². The molecule has 1 N–H and O–H groups in total. The van der Waals surface area contributed by atoms with Gasteiger partial charge in [0.15, 0.2) is 0 Å². The second-order valence-corrected chi connectivity index (χ2v) is 5.38. The summed E-state index contributed by atoms with van der Waals surface area (Å²) in [5.41, 5.74) is 1.07. The number of benzene rings is 1. The predicted molar refractivity (Wildman–Crippen MR) is 77.5 cm³/mol. The van der Waals surface area contributed by atoms with Crippen LogP contribution in [0.5, 0.6) is 0 Å². The molecule has 0 radical (unpaired) electrons. The van der Waals surface area contributed by atoms with Gasteiger partial charge >= 0.3 is 6.03 Å².